The summed E-state index contributed by atoms with van der Waals surface area (Å²) < 4.78 is 0. The van der Waals surface area contributed by atoms with Crippen molar-refractivity contribution >= 4 is 0 Å². The van der Waals surface area contributed by atoms with Crippen LogP contribution in [-0.4, -0.2) is 0 Å². The maximum atomic E-state index is 2.31. The Morgan fingerprint density at radius 3 is 1.67 bits per heavy atom. The minimum Gasteiger partial charge on any atom is -0.0581 e. The highest BCUT2D eigenvalue weighted by Crippen LogP contribution is 2.55. The maximum absolute atomic E-state index is 2.31. The molecule has 0 aromatic rings. The summed E-state index contributed by atoms with van der Waals surface area (Å²) in [5.41, 5.74) is 6.14. The smallest absolute Gasteiger partial charge is 0.0199 e. The summed E-state index contributed by atoms with van der Waals surface area (Å²) in [5, 5.41) is 0. The molecular weight excluding hydrogens is 144 g/mol. The van der Waals surface area contributed by atoms with Crippen molar-refractivity contribution in [2.75, 3.05) is 0 Å². The Labute approximate surface area is 71.3 Å². The number of allylic oxidation sites excluding steroid dienone is 10. The highest BCUT2D eigenvalue weighted by molar-refractivity contribution is 5.67. The fraction of sp³-hybridized carbons (Fsp3) is 0.167. The van der Waals surface area contributed by atoms with Crippen LogP contribution in [0.25, 0.3) is 0 Å². The van der Waals surface area contributed by atoms with E-state index in [-0.39, 0.29) is 0 Å². The Balaban J connectivity index is 2.11. The summed E-state index contributed by atoms with van der Waals surface area (Å²) >= 11 is 0. The largest absolute Gasteiger partial charge is 0.0581 e. The van der Waals surface area contributed by atoms with Crippen LogP contribution in [0.5, 0.6) is 0 Å². The molecule has 0 heteroatoms. The van der Waals surface area contributed by atoms with Gasteiger partial charge in [-0.05, 0) is 22.3 Å². The molecule has 4 aliphatic rings. The third-order valence-electron chi connectivity index (χ3n) is 3.37. The predicted octanol–water partition coefficient (Wildman–Crippen LogP) is 2.54. The molecular formula is C12H8. The van der Waals surface area contributed by atoms with E-state index in [1.54, 1.807) is 0 Å². The lowest BCUT2D eigenvalue weighted by atomic mass is 9.57. The third kappa shape index (κ3) is 0.383. The van der Waals surface area contributed by atoms with Crippen LogP contribution in [0.15, 0.2) is 58.7 Å². The minimum atomic E-state index is 0.745. The van der Waals surface area contributed by atoms with Gasteiger partial charge in [-0.15, -0.1) is 0 Å². The van der Waals surface area contributed by atoms with Crippen molar-refractivity contribution in [2.45, 2.75) is 0 Å². The van der Waals surface area contributed by atoms with E-state index in [9.17, 15) is 0 Å². The molecule has 0 amide bonds. The second-order valence-corrected chi connectivity index (χ2v) is 3.91. The molecule has 4 aliphatic carbocycles. The Hall–Kier alpha value is -1.30. The van der Waals surface area contributed by atoms with Gasteiger partial charge in [-0.1, -0.05) is 36.5 Å². The second-order valence-electron chi connectivity index (χ2n) is 3.91. The van der Waals surface area contributed by atoms with Crippen LogP contribution in [-0.2, 0) is 0 Å². The Morgan fingerprint density at radius 1 is 0.667 bits per heavy atom. The van der Waals surface area contributed by atoms with Crippen molar-refractivity contribution in [3.8, 4) is 0 Å². The molecule has 0 heterocycles. The van der Waals surface area contributed by atoms with E-state index in [0.29, 0.717) is 0 Å². The lowest BCUT2D eigenvalue weighted by Gasteiger charge is -2.46. The van der Waals surface area contributed by atoms with Gasteiger partial charge < -0.3 is 0 Å². The van der Waals surface area contributed by atoms with E-state index in [4.69, 9.17) is 0 Å². The van der Waals surface area contributed by atoms with Crippen molar-refractivity contribution in [1.82, 2.24) is 0 Å². The molecule has 0 saturated heterocycles. The molecule has 0 saturated carbocycles. The summed E-state index contributed by atoms with van der Waals surface area (Å²) in [6.45, 7) is 0. The third-order valence-corrected chi connectivity index (χ3v) is 3.37. The molecule has 4 rings (SSSR count). The quantitative estimate of drug-likeness (QED) is 0.500. The average molecular weight is 152 g/mol. The second kappa shape index (κ2) is 1.42. The van der Waals surface area contributed by atoms with E-state index in [0.717, 1.165) is 11.8 Å². The van der Waals surface area contributed by atoms with Gasteiger partial charge in [0.05, 0.1) is 0 Å². The predicted molar refractivity (Wildman–Crippen MR) is 48.5 cm³/mol. The monoisotopic (exact) mass is 152 g/mol. The van der Waals surface area contributed by atoms with Gasteiger partial charge in [0, 0.05) is 11.8 Å². The number of hydrogen-bond acceptors (Lipinski definition) is 0. The van der Waals surface area contributed by atoms with Crippen molar-refractivity contribution in [2.24, 2.45) is 11.8 Å². The maximum Gasteiger partial charge on any atom is 0.0199 e. The zero-order chi connectivity index (χ0) is 7.71. The van der Waals surface area contributed by atoms with Crippen molar-refractivity contribution in [1.29, 1.82) is 0 Å². The van der Waals surface area contributed by atoms with Gasteiger partial charge in [-0.2, -0.15) is 0 Å². The van der Waals surface area contributed by atoms with Crippen LogP contribution < -0.4 is 0 Å². The molecule has 0 radical (unpaired) electrons. The highest BCUT2D eigenvalue weighted by Gasteiger charge is 2.43. The SMILES string of the molecule is C1=CC2=CC3=CC=C4C=C1C4C32. The van der Waals surface area contributed by atoms with Crippen LogP contribution in [0, 0.1) is 11.8 Å². The zero-order valence-electron chi connectivity index (χ0n) is 6.62. The van der Waals surface area contributed by atoms with E-state index >= 15 is 0 Å². The van der Waals surface area contributed by atoms with E-state index in [1.807, 2.05) is 0 Å². The molecule has 0 aliphatic heterocycles. The molecule has 0 nitrogen and oxygen atoms in total. The fourth-order valence-corrected chi connectivity index (χ4v) is 2.70. The number of rotatable bonds is 0. The molecule has 0 N–H and O–H groups in total. The van der Waals surface area contributed by atoms with Gasteiger partial charge >= 0.3 is 0 Å². The highest BCUT2D eigenvalue weighted by atomic mass is 14.5. The zero-order valence-corrected chi connectivity index (χ0v) is 6.62. The molecule has 2 unspecified atom stereocenters. The lowest BCUT2D eigenvalue weighted by Crippen LogP contribution is -2.35. The first kappa shape index (κ1) is 5.36. The van der Waals surface area contributed by atoms with Crippen molar-refractivity contribution in [3.05, 3.63) is 58.7 Å². The fourth-order valence-electron chi connectivity index (χ4n) is 2.70. The van der Waals surface area contributed by atoms with Crippen LogP contribution >= 0.6 is 0 Å². The normalized spacial score (nSPS) is 38.0. The minimum absolute atomic E-state index is 0.745. The standard InChI is InChI=1S/C12H8/c1-2-8-6-10-4-3-9-5-7(1)11(9)12(8)10/h1-6,11-12H. The van der Waals surface area contributed by atoms with Crippen molar-refractivity contribution in [3.63, 3.8) is 0 Å². The van der Waals surface area contributed by atoms with Gasteiger partial charge in [0.2, 0.25) is 0 Å². The van der Waals surface area contributed by atoms with Gasteiger partial charge in [-0.3, -0.25) is 0 Å². The van der Waals surface area contributed by atoms with Gasteiger partial charge in [-0.25, -0.2) is 0 Å². The summed E-state index contributed by atoms with van der Waals surface area (Å²) in [6, 6.07) is 0. The number of hydrogen-bond donors (Lipinski definition) is 0. The van der Waals surface area contributed by atoms with Crippen LogP contribution in [0.1, 0.15) is 0 Å². The summed E-state index contributed by atoms with van der Waals surface area (Å²) in [5.74, 6) is 1.49. The molecule has 0 fully saturated rings. The average Bonchev–Trinajstić information content (AvgIpc) is 2.07. The molecule has 0 aromatic heterocycles. The Kier molecular flexibility index (Phi) is 0.637. The van der Waals surface area contributed by atoms with Gasteiger partial charge in [0.15, 0.2) is 0 Å². The molecule has 2 atom stereocenters. The molecule has 0 aromatic carbocycles. The first-order chi connectivity index (χ1) is 5.93. The molecule has 12 heavy (non-hydrogen) atoms. The van der Waals surface area contributed by atoms with E-state index < -0.39 is 0 Å². The Morgan fingerprint density at radius 2 is 1.17 bits per heavy atom. The molecule has 0 bridgehead atoms. The van der Waals surface area contributed by atoms with Crippen LogP contribution in [0.3, 0.4) is 0 Å². The van der Waals surface area contributed by atoms with Gasteiger partial charge in [0.1, 0.15) is 0 Å². The van der Waals surface area contributed by atoms with E-state index in [2.05, 4.69) is 36.5 Å². The first-order valence-corrected chi connectivity index (χ1v) is 4.46. The molecule has 0 spiro atoms. The summed E-state index contributed by atoms with van der Waals surface area (Å²) in [7, 11) is 0. The topological polar surface area (TPSA) is 0 Å². The van der Waals surface area contributed by atoms with Gasteiger partial charge in [0.25, 0.3) is 0 Å². The van der Waals surface area contributed by atoms with Crippen molar-refractivity contribution < 1.29 is 0 Å². The lowest BCUT2D eigenvalue weighted by molar-refractivity contribution is 0.514. The summed E-state index contributed by atoms with van der Waals surface area (Å²) in [6.07, 6.45) is 13.7. The summed E-state index contributed by atoms with van der Waals surface area (Å²) in [4.78, 5) is 0. The van der Waals surface area contributed by atoms with E-state index in [1.165, 1.54) is 22.3 Å². The Bertz CT molecular complexity index is 373. The molecule has 56 valence electrons. The van der Waals surface area contributed by atoms with Crippen LogP contribution in [0.4, 0.5) is 0 Å². The van der Waals surface area contributed by atoms with Crippen LogP contribution in [0.2, 0.25) is 0 Å². The first-order valence-electron chi connectivity index (χ1n) is 4.46.